The van der Waals surface area contributed by atoms with E-state index in [2.05, 4.69) is 4.90 Å². The molecule has 0 aromatic carbocycles. The standard InChI is InChI=1S/C11H24N2O4/c1-11(12,10(14)15)4-5-13(6-8-16-2)7-9-17-3/h4-9,12H2,1-3H3,(H,14,15). The van der Waals surface area contributed by atoms with Gasteiger partial charge in [0.2, 0.25) is 0 Å². The highest BCUT2D eigenvalue weighted by Crippen LogP contribution is 2.07. The van der Waals surface area contributed by atoms with E-state index in [4.69, 9.17) is 20.3 Å². The van der Waals surface area contributed by atoms with E-state index in [-0.39, 0.29) is 0 Å². The molecule has 0 fully saturated rings. The molecule has 0 aromatic rings. The Bertz CT molecular complexity index is 214. The lowest BCUT2D eigenvalue weighted by Crippen LogP contribution is -2.47. The normalized spacial score (nSPS) is 14.9. The molecule has 6 nitrogen and oxygen atoms in total. The number of carboxylic acid groups (broad SMARTS) is 1. The average molecular weight is 248 g/mol. The second kappa shape index (κ2) is 8.41. The maximum atomic E-state index is 10.9. The lowest BCUT2D eigenvalue weighted by Gasteiger charge is -2.26. The van der Waals surface area contributed by atoms with Crippen LogP contribution in [0.15, 0.2) is 0 Å². The van der Waals surface area contributed by atoms with Gasteiger partial charge in [-0.2, -0.15) is 0 Å². The molecule has 102 valence electrons. The summed E-state index contributed by atoms with van der Waals surface area (Å²) < 4.78 is 10.0. The van der Waals surface area contributed by atoms with Crippen molar-refractivity contribution in [1.82, 2.24) is 4.90 Å². The lowest BCUT2D eigenvalue weighted by molar-refractivity contribution is -0.143. The first-order valence-corrected chi connectivity index (χ1v) is 5.66. The SMILES string of the molecule is COCCN(CCOC)CCC(C)(N)C(=O)O. The van der Waals surface area contributed by atoms with Crippen LogP contribution in [0.2, 0.25) is 0 Å². The van der Waals surface area contributed by atoms with Crippen molar-refractivity contribution >= 4 is 5.97 Å². The minimum Gasteiger partial charge on any atom is -0.480 e. The van der Waals surface area contributed by atoms with Gasteiger partial charge < -0.3 is 20.3 Å². The van der Waals surface area contributed by atoms with E-state index in [1.807, 2.05) is 0 Å². The van der Waals surface area contributed by atoms with Crippen molar-refractivity contribution in [3.05, 3.63) is 0 Å². The minimum atomic E-state index is -1.18. The van der Waals surface area contributed by atoms with Gasteiger partial charge in [0.1, 0.15) is 5.54 Å². The van der Waals surface area contributed by atoms with E-state index in [1.54, 1.807) is 14.2 Å². The molecule has 1 atom stereocenters. The number of nitrogens with zero attached hydrogens (tertiary/aromatic N) is 1. The molecule has 0 aromatic heterocycles. The molecule has 0 saturated heterocycles. The summed E-state index contributed by atoms with van der Waals surface area (Å²) in [7, 11) is 3.28. The number of nitrogens with two attached hydrogens (primary N) is 1. The van der Waals surface area contributed by atoms with Gasteiger partial charge in [-0.3, -0.25) is 9.69 Å². The third-order valence-corrected chi connectivity index (χ3v) is 2.66. The van der Waals surface area contributed by atoms with E-state index in [0.29, 0.717) is 26.2 Å². The first kappa shape index (κ1) is 16.3. The van der Waals surface area contributed by atoms with Crippen molar-refractivity contribution in [3.63, 3.8) is 0 Å². The fourth-order valence-corrected chi connectivity index (χ4v) is 1.27. The molecule has 0 saturated carbocycles. The number of carbonyl (C=O) groups is 1. The predicted molar refractivity (Wildman–Crippen MR) is 65.0 cm³/mol. The van der Waals surface area contributed by atoms with Crippen LogP contribution in [0.1, 0.15) is 13.3 Å². The van der Waals surface area contributed by atoms with Gasteiger partial charge in [-0.1, -0.05) is 0 Å². The predicted octanol–water partition coefficient (Wildman–Crippen LogP) is -0.227. The highest BCUT2D eigenvalue weighted by Gasteiger charge is 2.28. The number of hydrogen-bond acceptors (Lipinski definition) is 5. The maximum absolute atomic E-state index is 10.9. The Morgan fingerprint density at radius 1 is 1.24 bits per heavy atom. The third kappa shape index (κ3) is 7.27. The van der Waals surface area contributed by atoms with Crippen LogP contribution in [0.5, 0.6) is 0 Å². The Balaban J connectivity index is 4.09. The van der Waals surface area contributed by atoms with Crippen LogP contribution in [0.25, 0.3) is 0 Å². The van der Waals surface area contributed by atoms with Crippen LogP contribution in [0.4, 0.5) is 0 Å². The van der Waals surface area contributed by atoms with Crippen molar-refractivity contribution in [2.75, 3.05) is 47.1 Å². The summed E-state index contributed by atoms with van der Waals surface area (Å²) in [6.45, 7) is 4.85. The number of aliphatic carboxylic acids is 1. The summed E-state index contributed by atoms with van der Waals surface area (Å²) >= 11 is 0. The highest BCUT2D eigenvalue weighted by atomic mass is 16.5. The molecule has 17 heavy (non-hydrogen) atoms. The Kier molecular flexibility index (Phi) is 8.07. The summed E-state index contributed by atoms with van der Waals surface area (Å²) in [5, 5.41) is 8.91. The van der Waals surface area contributed by atoms with Crippen LogP contribution in [-0.4, -0.2) is 68.6 Å². The van der Waals surface area contributed by atoms with Gasteiger partial charge in [0.25, 0.3) is 0 Å². The summed E-state index contributed by atoms with van der Waals surface area (Å²) in [6, 6.07) is 0. The second-order valence-electron chi connectivity index (χ2n) is 4.30. The summed E-state index contributed by atoms with van der Waals surface area (Å²) in [6.07, 6.45) is 0.399. The summed E-state index contributed by atoms with van der Waals surface area (Å²) in [5.41, 5.74) is 4.49. The van der Waals surface area contributed by atoms with Gasteiger partial charge in [0.05, 0.1) is 13.2 Å². The van der Waals surface area contributed by atoms with E-state index >= 15 is 0 Å². The van der Waals surface area contributed by atoms with Crippen LogP contribution in [0.3, 0.4) is 0 Å². The second-order valence-corrected chi connectivity index (χ2v) is 4.30. The maximum Gasteiger partial charge on any atom is 0.323 e. The fraction of sp³-hybridized carbons (Fsp3) is 0.909. The zero-order valence-electron chi connectivity index (χ0n) is 10.9. The van der Waals surface area contributed by atoms with E-state index < -0.39 is 11.5 Å². The van der Waals surface area contributed by atoms with Gasteiger partial charge in [0, 0.05) is 33.9 Å². The largest absolute Gasteiger partial charge is 0.480 e. The fourth-order valence-electron chi connectivity index (χ4n) is 1.27. The van der Waals surface area contributed by atoms with E-state index in [1.165, 1.54) is 6.92 Å². The van der Waals surface area contributed by atoms with Crippen LogP contribution >= 0.6 is 0 Å². The average Bonchev–Trinajstić information content (AvgIpc) is 2.28. The van der Waals surface area contributed by atoms with E-state index in [9.17, 15) is 4.79 Å². The highest BCUT2D eigenvalue weighted by molar-refractivity contribution is 5.77. The smallest absolute Gasteiger partial charge is 0.323 e. The Morgan fingerprint density at radius 3 is 2.06 bits per heavy atom. The number of methoxy groups -OCH3 is 2. The van der Waals surface area contributed by atoms with Gasteiger partial charge in [-0.15, -0.1) is 0 Å². The van der Waals surface area contributed by atoms with Crippen molar-refractivity contribution in [2.24, 2.45) is 5.73 Å². The zero-order valence-corrected chi connectivity index (χ0v) is 10.9. The van der Waals surface area contributed by atoms with Crippen LogP contribution in [0, 0.1) is 0 Å². The molecule has 6 heteroatoms. The molecule has 0 aliphatic carbocycles. The molecule has 3 N–H and O–H groups in total. The van der Waals surface area contributed by atoms with Gasteiger partial charge in [-0.05, 0) is 13.3 Å². The molecule has 0 rings (SSSR count). The zero-order chi connectivity index (χ0) is 13.3. The van der Waals surface area contributed by atoms with Crippen LogP contribution in [-0.2, 0) is 14.3 Å². The molecule has 0 bridgehead atoms. The van der Waals surface area contributed by atoms with Crippen molar-refractivity contribution in [1.29, 1.82) is 0 Å². The Labute approximate surface area is 103 Å². The van der Waals surface area contributed by atoms with Crippen molar-refractivity contribution in [3.8, 4) is 0 Å². The summed E-state index contributed by atoms with van der Waals surface area (Å²) in [4.78, 5) is 13.0. The molecular weight excluding hydrogens is 224 g/mol. The molecule has 0 heterocycles. The van der Waals surface area contributed by atoms with Gasteiger partial charge >= 0.3 is 5.97 Å². The Hall–Kier alpha value is -0.690. The molecule has 0 spiro atoms. The number of rotatable bonds is 10. The lowest BCUT2D eigenvalue weighted by atomic mass is 9.99. The molecule has 1 unspecified atom stereocenters. The first-order valence-electron chi connectivity index (χ1n) is 5.66. The molecule has 0 amide bonds. The first-order chi connectivity index (χ1) is 7.94. The number of hydrogen-bond donors (Lipinski definition) is 2. The topological polar surface area (TPSA) is 85.0 Å². The Morgan fingerprint density at radius 2 is 1.71 bits per heavy atom. The van der Waals surface area contributed by atoms with Crippen molar-refractivity contribution in [2.45, 2.75) is 18.9 Å². The van der Waals surface area contributed by atoms with Gasteiger partial charge in [0.15, 0.2) is 0 Å². The molecular formula is C11H24N2O4. The van der Waals surface area contributed by atoms with Crippen LogP contribution < -0.4 is 5.73 Å². The summed E-state index contributed by atoms with van der Waals surface area (Å²) in [5.74, 6) is -0.976. The number of carboxylic acids is 1. The monoisotopic (exact) mass is 248 g/mol. The molecule has 0 aliphatic heterocycles. The minimum absolute atomic E-state index is 0.399. The van der Waals surface area contributed by atoms with Gasteiger partial charge in [-0.25, -0.2) is 0 Å². The molecule has 0 radical (unpaired) electrons. The van der Waals surface area contributed by atoms with E-state index in [0.717, 1.165) is 13.1 Å². The third-order valence-electron chi connectivity index (χ3n) is 2.66. The number of ether oxygens (including phenoxy) is 2. The van der Waals surface area contributed by atoms with Crippen molar-refractivity contribution < 1.29 is 19.4 Å². The molecule has 0 aliphatic rings. The quantitative estimate of drug-likeness (QED) is 0.555.